The average Bonchev–Trinajstić information content (AvgIpc) is 2.59. The van der Waals surface area contributed by atoms with Crippen LogP contribution in [0.15, 0.2) is 4.99 Å². The molecule has 2 aliphatic heterocycles. The summed E-state index contributed by atoms with van der Waals surface area (Å²) >= 11 is 0. The lowest BCUT2D eigenvalue weighted by atomic mass is 9.87. The number of rotatable bonds is 4. The van der Waals surface area contributed by atoms with E-state index in [9.17, 15) is 4.79 Å². The van der Waals surface area contributed by atoms with Gasteiger partial charge in [-0.2, -0.15) is 4.99 Å². The largest absolute Gasteiger partial charge is 0.448 e. The van der Waals surface area contributed by atoms with E-state index in [-0.39, 0.29) is 5.41 Å². The highest BCUT2D eigenvalue weighted by Gasteiger charge is 2.30. The second-order valence-corrected chi connectivity index (χ2v) is 6.90. The Morgan fingerprint density at radius 3 is 2.39 bits per heavy atom. The highest BCUT2D eigenvalue weighted by Crippen LogP contribution is 2.25. The summed E-state index contributed by atoms with van der Waals surface area (Å²) in [7, 11) is 0. The van der Waals surface area contributed by atoms with Crippen molar-refractivity contribution in [1.29, 1.82) is 0 Å². The maximum Gasteiger partial charge on any atom is 0.435 e. The zero-order valence-electron chi connectivity index (χ0n) is 14.7. The maximum absolute atomic E-state index is 12.2. The van der Waals surface area contributed by atoms with E-state index in [2.05, 4.69) is 30.7 Å². The molecule has 6 nitrogen and oxygen atoms in total. The van der Waals surface area contributed by atoms with Gasteiger partial charge in [-0.15, -0.1) is 0 Å². The van der Waals surface area contributed by atoms with Crippen molar-refractivity contribution >= 4 is 11.9 Å². The Bertz CT molecular complexity index is 411. The van der Waals surface area contributed by atoms with Crippen molar-refractivity contribution in [2.45, 2.75) is 40.0 Å². The van der Waals surface area contributed by atoms with Gasteiger partial charge < -0.3 is 19.1 Å². The van der Waals surface area contributed by atoms with Crippen LogP contribution in [0.2, 0.25) is 0 Å². The summed E-state index contributed by atoms with van der Waals surface area (Å²) in [4.78, 5) is 18.7. The van der Waals surface area contributed by atoms with E-state index in [1.165, 1.54) is 0 Å². The Morgan fingerprint density at radius 1 is 1.17 bits per heavy atom. The van der Waals surface area contributed by atoms with Crippen molar-refractivity contribution in [3.63, 3.8) is 0 Å². The molecule has 0 aromatic rings. The predicted molar refractivity (Wildman–Crippen MR) is 88.8 cm³/mol. The molecule has 0 aromatic heterocycles. The number of aliphatic imine (C=N–C) groups is 1. The number of ether oxygens (including phenoxy) is 3. The van der Waals surface area contributed by atoms with Gasteiger partial charge in [0.05, 0.1) is 19.8 Å². The number of morpholine rings is 1. The van der Waals surface area contributed by atoms with Crippen molar-refractivity contribution in [1.82, 2.24) is 4.90 Å². The molecule has 1 amide bonds. The average molecular weight is 326 g/mol. The van der Waals surface area contributed by atoms with Gasteiger partial charge in [-0.3, -0.25) is 0 Å². The second kappa shape index (κ2) is 8.64. The summed E-state index contributed by atoms with van der Waals surface area (Å²) in [5, 5.41) is 0. The van der Waals surface area contributed by atoms with Crippen LogP contribution in [0.5, 0.6) is 0 Å². The number of carbonyl (C=O) groups is 1. The second-order valence-electron chi connectivity index (χ2n) is 6.90. The van der Waals surface area contributed by atoms with E-state index in [1.54, 1.807) is 0 Å². The molecule has 6 heteroatoms. The Kier molecular flexibility index (Phi) is 6.84. The molecule has 23 heavy (non-hydrogen) atoms. The normalized spacial score (nSPS) is 21.3. The molecule has 0 aromatic carbocycles. The maximum atomic E-state index is 12.2. The van der Waals surface area contributed by atoms with Crippen LogP contribution < -0.4 is 0 Å². The van der Waals surface area contributed by atoms with Crippen LogP contribution in [0.3, 0.4) is 0 Å². The van der Waals surface area contributed by atoms with Crippen LogP contribution >= 0.6 is 0 Å². The van der Waals surface area contributed by atoms with Gasteiger partial charge in [0.1, 0.15) is 5.84 Å². The molecule has 2 rings (SSSR count). The van der Waals surface area contributed by atoms with Crippen LogP contribution in [-0.4, -0.2) is 63.0 Å². The summed E-state index contributed by atoms with van der Waals surface area (Å²) in [6.45, 7) is 11.2. The summed E-state index contributed by atoms with van der Waals surface area (Å²) in [5.74, 6) is 1.22. The topological polar surface area (TPSA) is 60.4 Å². The molecule has 2 heterocycles. The van der Waals surface area contributed by atoms with E-state index < -0.39 is 6.09 Å². The first-order chi connectivity index (χ1) is 11.0. The summed E-state index contributed by atoms with van der Waals surface area (Å²) in [6, 6.07) is 0. The molecule has 2 fully saturated rings. The fourth-order valence-corrected chi connectivity index (χ4v) is 2.80. The minimum absolute atomic E-state index is 0.158. The van der Waals surface area contributed by atoms with Gasteiger partial charge in [0, 0.05) is 31.7 Å². The molecule has 0 atom stereocenters. The molecular weight excluding hydrogens is 296 g/mol. The quantitative estimate of drug-likeness (QED) is 0.587. The number of nitrogens with zero attached hydrogens (tertiary/aromatic N) is 2. The number of amidine groups is 1. The van der Waals surface area contributed by atoms with E-state index in [1.807, 2.05) is 0 Å². The Morgan fingerprint density at radius 2 is 1.78 bits per heavy atom. The van der Waals surface area contributed by atoms with E-state index in [0.29, 0.717) is 25.7 Å². The SMILES string of the molecule is CCC(C)(C)/C(=N/C(=O)OCC1CCOCC1)N1CCOCC1. The highest BCUT2D eigenvalue weighted by atomic mass is 16.5. The molecule has 2 saturated heterocycles. The smallest absolute Gasteiger partial charge is 0.435 e. The molecule has 0 saturated carbocycles. The van der Waals surface area contributed by atoms with Crippen LogP contribution in [0.4, 0.5) is 4.79 Å². The number of carbonyl (C=O) groups excluding carboxylic acids is 1. The lowest BCUT2D eigenvalue weighted by Gasteiger charge is -2.37. The first-order valence-electron chi connectivity index (χ1n) is 8.69. The van der Waals surface area contributed by atoms with Crippen molar-refractivity contribution in [2.75, 3.05) is 46.1 Å². The fourth-order valence-electron chi connectivity index (χ4n) is 2.80. The number of amides is 1. The van der Waals surface area contributed by atoms with Crippen molar-refractivity contribution < 1.29 is 19.0 Å². The van der Waals surface area contributed by atoms with Crippen LogP contribution in [-0.2, 0) is 14.2 Å². The highest BCUT2D eigenvalue weighted by molar-refractivity contribution is 5.95. The van der Waals surface area contributed by atoms with E-state index in [0.717, 1.165) is 51.4 Å². The first-order valence-corrected chi connectivity index (χ1v) is 8.69. The molecule has 0 spiro atoms. The van der Waals surface area contributed by atoms with Gasteiger partial charge in [0.2, 0.25) is 0 Å². The number of hydrogen-bond acceptors (Lipinski definition) is 4. The van der Waals surface area contributed by atoms with E-state index in [4.69, 9.17) is 14.2 Å². The minimum Gasteiger partial charge on any atom is -0.448 e. The Labute approximate surface area is 139 Å². The molecule has 0 aliphatic carbocycles. The Balaban J connectivity index is 1.98. The third-order valence-corrected chi connectivity index (χ3v) is 4.78. The standard InChI is InChI=1S/C17H30N2O4/c1-4-17(2,3)15(19-7-11-22-12-8-19)18-16(20)23-13-14-5-9-21-10-6-14/h14H,4-13H2,1-3H3/b18-15-. The molecular formula is C17H30N2O4. The van der Waals surface area contributed by atoms with Gasteiger partial charge in [0.25, 0.3) is 0 Å². The van der Waals surface area contributed by atoms with Gasteiger partial charge in [-0.1, -0.05) is 20.8 Å². The van der Waals surface area contributed by atoms with Gasteiger partial charge in [-0.25, -0.2) is 4.79 Å². The van der Waals surface area contributed by atoms with Gasteiger partial charge >= 0.3 is 6.09 Å². The number of hydrogen-bond donors (Lipinski definition) is 0. The van der Waals surface area contributed by atoms with Crippen molar-refractivity contribution in [2.24, 2.45) is 16.3 Å². The molecule has 0 unspecified atom stereocenters. The molecule has 2 aliphatic rings. The zero-order valence-corrected chi connectivity index (χ0v) is 14.7. The third-order valence-electron chi connectivity index (χ3n) is 4.78. The third kappa shape index (κ3) is 5.46. The fraction of sp³-hybridized carbons (Fsp3) is 0.882. The van der Waals surface area contributed by atoms with Crippen LogP contribution in [0.1, 0.15) is 40.0 Å². The minimum atomic E-state index is -0.473. The molecule has 0 radical (unpaired) electrons. The predicted octanol–water partition coefficient (Wildman–Crippen LogP) is 2.72. The van der Waals surface area contributed by atoms with Crippen LogP contribution in [0, 0.1) is 11.3 Å². The van der Waals surface area contributed by atoms with Crippen molar-refractivity contribution in [3.05, 3.63) is 0 Å². The summed E-state index contributed by atoms with van der Waals surface area (Å²) in [5.41, 5.74) is -0.158. The monoisotopic (exact) mass is 326 g/mol. The lowest BCUT2D eigenvalue weighted by Crippen LogP contribution is -2.47. The van der Waals surface area contributed by atoms with Crippen molar-refractivity contribution in [3.8, 4) is 0 Å². The molecule has 0 bridgehead atoms. The van der Waals surface area contributed by atoms with Gasteiger partial charge in [0.15, 0.2) is 0 Å². The summed E-state index contributed by atoms with van der Waals surface area (Å²) in [6.07, 6.45) is 2.34. The van der Waals surface area contributed by atoms with E-state index >= 15 is 0 Å². The Hall–Kier alpha value is -1.14. The lowest BCUT2D eigenvalue weighted by molar-refractivity contribution is 0.0394. The van der Waals surface area contributed by atoms with Gasteiger partial charge in [-0.05, 0) is 25.2 Å². The zero-order chi connectivity index (χ0) is 16.7. The summed E-state index contributed by atoms with van der Waals surface area (Å²) < 4.78 is 16.1. The molecule has 132 valence electrons. The first kappa shape index (κ1) is 18.2. The van der Waals surface area contributed by atoms with Crippen LogP contribution in [0.25, 0.3) is 0 Å². The molecule has 0 N–H and O–H groups in total.